The molecule has 0 saturated heterocycles. The topological polar surface area (TPSA) is 84.6 Å². The molecule has 2 aromatic heterocycles. The Morgan fingerprint density at radius 2 is 0.750 bits per heavy atom. The summed E-state index contributed by atoms with van der Waals surface area (Å²) in [4.78, 5) is 64.2. The van der Waals surface area contributed by atoms with Crippen LogP contribution in [0.2, 0.25) is 0 Å². The highest BCUT2D eigenvalue weighted by molar-refractivity contribution is 6.44. The Hall–Kier alpha value is -7.84. The van der Waals surface area contributed by atoms with Crippen LogP contribution in [0, 0.1) is 11.8 Å². The van der Waals surface area contributed by atoms with E-state index in [1.165, 1.54) is 9.80 Å². The third kappa shape index (κ3) is 6.87. The van der Waals surface area contributed by atoms with Crippen LogP contribution in [0.4, 0.5) is 0 Å². The number of unbranched alkanes of at least 4 members (excludes halogenated alkanes) is 2. The predicted molar refractivity (Wildman–Crippen MR) is 313 cm³/mol. The van der Waals surface area contributed by atoms with Crippen LogP contribution >= 0.6 is 0 Å². The number of aromatic nitrogens is 2. The van der Waals surface area contributed by atoms with Gasteiger partial charge >= 0.3 is 0 Å². The number of imide groups is 2. The van der Waals surface area contributed by atoms with Gasteiger partial charge in [0.2, 0.25) is 0 Å². The standard InChI is InChI=1S/C68H64N4O4/c1-7-13-19-39(9-3)37-71-65(73)47-29-27-45-60-50(42-26-32-58-52(34-42)44-22-16-18-24-56(44)70(58)12-6)36-54-62-48(66(74)72(68(54)76)38-40(10-4)20-14-8-2)30-28-46(64(60)62)59-49(35-53(67(71)75)61(47)63(45)59)41-25-31-57-51(33-41)43-21-15-17-23-55(43)69(57)11-5/h15-18,21-36,39-40H,7-14,19-20,37-38H2,1-6H3. The Kier molecular flexibility index (Phi) is 11.6. The fourth-order valence-corrected chi connectivity index (χ4v) is 13.8. The van der Waals surface area contributed by atoms with E-state index in [-0.39, 0.29) is 35.5 Å². The van der Waals surface area contributed by atoms with Gasteiger partial charge in [0.05, 0.1) is 0 Å². The Labute approximate surface area is 443 Å². The number of amides is 4. The molecule has 4 heterocycles. The lowest BCUT2D eigenvalue weighted by molar-refractivity contribution is 0.0565. The molecule has 2 aliphatic heterocycles. The fraction of sp³-hybridized carbons (Fsp3) is 0.294. The highest BCUT2D eigenvalue weighted by Crippen LogP contribution is 2.53. The molecular formula is C68H64N4O4. The average Bonchev–Trinajstić information content (AvgIpc) is 4.04. The summed E-state index contributed by atoms with van der Waals surface area (Å²) in [7, 11) is 0. The molecule has 0 bridgehead atoms. The van der Waals surface area contributed by atoms with E-state index in [4.69, 9.17) is 0 Å². The molecule has 0 saturated carbocycles. The molecule has 2 unspecified atom stereocenters. The van der Waals surface area contributed by atoms with Crippen LogP contribution in [0.3, 0.4) is 0 Å². The minimum atomic E-state index is -0.268. The Morgan fingerprint density at radius 3 is 1.14 bits per heavy atom. The van der Waals surface area contributed by atoms with Crippen LogP contribution in [-0.4, -0.2) is 55.7 Å². The normalized spacial score (nSPS) is 14.8. The molecule has 380 valence electrons. The van der Waals surface area contributed by atoms with E-state index in [1.54, 1.807) is 0 Å². The zero-order valence-electron chi connectivity index (χ0n) is 44.6. The zero-order chi connectivity index (χ0) is 52.3. The molecule has 8 heteroatoms. The predicted octanol–water partition coefficient (Wildman–Crippen LogP) is 17.0. The maximum atomic E-state index is 15.5. The van der Waals surface area contributed by atoms with Gasteiger partial charge in [-0.2, -0.15) is 0 Å². The van der Waals surface area contributed by atoms with E-state index < -0.39 is 0 Å². The molecule has 8 nitrogen and oxygen atoms in total. The zero-order valence-corrected chi connectivity index (χ0v) is 44.6. The second-order valence-corrected chi connectivity index (χ2v) is 21.8. The second kappa shape index (κ2) is 18.5. The van der Waals surface area contributed by atoms with Gasteiger partial charge in [0.15, 0.2) is 0 Å². The molecule has 0 fully saturated rings. The van der Waals surface area contributed by atoms with Crippen LogP contribution in [0.15, 0.2) is 121 Å². The number of carbonyl (C=O) groups is 4. The van der Waals surface area contributed by atoms with Gasteiger partial charge in [-0.3, -0.25) is 29.0 Å². The summed E-state index contributed by atoms with van der Waals surface area (Å²) >= 11 is 0. The largest absolute Gasteiger partial charge is 0.341 e. The third-order valence-corrected chi connectivity index (χ3v) is 17.8. The molecule has 2 atom stereocenters. The van der Waals surface area contributed by atoms with Crippen molar-refractivity contribution in [2.75, 3.05) is 13.1 Å². The highest BCUT2D eigenvalue weighted by Gasteiger charge is 2.40. The number of carbonyl (C=O) groups excluding carboxylic acids is 4. The second-order valence-electron chi connectivity index (χ2n) is 21.8. The molecule has 13 rings (SSSR count). The summed E-state index contributed by atoms with van der Waals surface area (Å²) in [6.07, 6.45) is 7.79. The summed E-state index contributed by atoms with van der Waals surface area (Å²) in [5.41, 5.74) is 10.3. The number of aryl methyl sites for hydroxylation is 2. The molecule has 0 aliphatic carbocycles. The van der Waals surface area contributed by atoms with Gasteiger partial charge in [-0.05, 0) is 154 Å². The Bertz CT molecular complexity index is 3990. The van der Waals surface area contributed by atoms with Crippen LogP contribution in [-0.2, 0) is 13.1 Å². The maximum Gasteiger partial charge on any atom is 0.261 e. The summed E-state index contributed by atoms with van der Waals surface area (Å²) < 4.78 is 4.70. The van der Waals surface area contributed by atoms with E-state index >= 15 is 19.2 Å². The Balaban J connectivity index is 1.17. The lowest BCUT2D eigenvalue weighted by Gasteiger charge is -2.33. The SMILES string of the molecule is CCCCC(CC)CN1C(=O)c2ccc3c4c(-c5ccc6c(c5)c5ccccc5n6CC)cc5c6c(ccc(c7c(-c8ccc9c(c8)c8ccccc8n9CC)cc(c2c37)C1=O)c64)C(=O)N(CC(CC)CCCC)C5=O. The molecule has 76 heavy (non-hydrogen) atoms. The van der Waals surface area contributed by atoms with E-state index in [2.05, 4.69) is 160 Å². The number of benzene rings is 9. The first-order valence-electron chi connectivity index (χ1n) is 28.2. The molecule has 9 aromatic carbocycles. The van der Waals surface area contributed by atoms with Crippen molar-refractivity contribution in [3.8, 4) is 22.3 Å². The summed E-state index contributed by atoms with van der Waals surface area (Å²) in [6.45, 7) is 15.4. The van der Waals surface area contributed by atoms with Crippen LogP contribution < -0.4 is 0 Å². The molecule has 0 radical (unpaired) electrons. The molecule has 0 N–H and O–H groups in total. The van der Waals surface area contributed by atoms with Crippen molar-refractivity contribution < 1.29 is 19.2 Å². The van der Waals surface area contributed by atoms with Crippen LogP contribution in [0.5, 0.6) is 0 Å². The first-order valence-corrected chi connectivity index (χ1v) is 28.2. The quantitative estimate of drug-likeness (QED) is 0.0548. The maximum absolute atomic E-state index is 15.5. The lowest BCUT2D eigenvalue weighted by atomic mass is 9.77. The number of rotatable bonds is 16. The van der Waals surface area contributed by atoms with Crippen molar-refractivity contribution in [3.05, 3.63) is 144 Å². The molecule has 0 spiro atoms. The average molecular weight is 1000 g/mol. The number of hydrogen-bond donors (Lipinski definition) is 0. The molecule has 4 amide bonds. The van der Waals surface area contributed by atoms with Crippen molar-refractivity contribution in [1.29, 1.82) is 0 Å². The van der Waals surface area contributed by atoms with Crippen molar-refractivity contribution in [1.82, 2.24) is 18.9 Å². The van der Waals surface area contributed by atoms with Crippen molar-refractivity contribution in [2.24, 2.45) is 11.8 Å². The third-order valence-electron chi connectivity index (χ3n) is 17.8. The monoisotopic (exact) mass is 1000 g/mol. The van der Waals surface area contributed by atoms with Gasteiger partial charge in [0.25, 0.3) is 23.6 Å². The van der Waals surface area contributed by atoms with Gasteiger partial charge in [-0.1, -0.05) is 127 Å². The van der Waals surface area contributed by atoms with Gasteiger partial charge in [-0.25, -0.2) is 0 Å². The summed E-state index contributed by atoms with van der Waals surface area (Å²) in [6, 6.07) is 42.5. The van der Waals surface area contributed by atoms with Gasteiger partial charge in [0.1, 0.15) is 0 Å². The molecule has 2 aliphatic rings. The van der Waals surface area contributed by atoms with Gasteiger partial charge in [-0.15, -0.1) is 0 Å². The Morgan fingerprint density at radius 1 is 0.355 bits per heavy atom. The van der Waals surface area contributed by atoms with E-state index in [0.717, 1.165) is 163 Å². The van der Waals surface area contributed by atoms with Gasteiger partial charge < -0.3 is 9.13 Å². The number of para-hydroxylation sites is 2. The minimum Gasteiger partial charge on any atom is -0.341 e. The lowest BCUT2D eigenvalue weighted by Crippen LogP contribution is -2.43. The van der Waals surface area contributed by atoms with E-state index in [9.17, 15) is 0 Å². The van der Waals surface area contributed by atoms with Crippen molar-refractivity contribution in [2.45, 2.75) is 106 Å². The number of fused-ring (bicyclic) bond motifs is 8. The summed E-state index contributed by atoms with van der Waals surface area (Å²) in [5.74, 6) is -0.694. The van der Waals surface area contributed by atoms with Crippen LogP contribution in [0.25, 0.3) is 109 Å². The summed E-state index contributed by atoms with van der Waals surface area (Å²) in [5, 5.41) is 11.1. The van der Waals surface area contributed by atoms with E-state index in [1.807, 2.05) is 12.1 Å². The van der Waals surface area contributed by atoms with Crippen molar-refractivity contribution in [3.63, 3.8) is 0 Å². The van der Waals surface area contributed by atoms with Crippen molar-refractivity contribution >= 4 is 110 Å². The highest BCUT2D eigenvalue weighted by atomic mass is 16.2. The smallest absolute Gasteiger partial charge is 0.261 e. The fourth-order valence-electron chi connectivity index (χ4n) is 13.8. The first-order chi connectivity index (χ1) is 37.1. The minimum absolute atomic E-state index is 0.184. The number of nitrogens with zero attached hydrogens (tertiary/aromatic N) is 4. The first kappa shape index (κ1) is 47.8. The van der Waals surface area contributed by atoms with Gasteiger partial charge in [0, 0.05) is 103 Å². The molecule has 11 aromatic rings. The molecular weight excluding hydrogens is 937 g/mol. The number of hydrogen-bond acceptors (Lipinski definition) is 4. The van der Waals surface area contributed by atoms with Crippen LogP contribution in [0.1, 0.15) is 134 Å². The van der Waals surface area contributed by atoms with E-state index in [0.29, 0.717) is 46.1 Å².